The lowest BCUT2D eigenvalue weighted by Crippen LogP contribution is -2.16. The predicted octanol–water partition coefficient (Wildman–Crippen LogP) is 4.05. The highest BCUT2D eigenvalue weighted by Gasteiger charge is 2.22. The number of ether oxygens (including phenoxy) is 1. The van der Waals surface area contributed by atoms with E-state index in [0.29, 0.717) is 12.0 Å². The first kappa shape index (κ1) is 15.4. The second-order valence-electron chi connectivity index (χ2n) is 5.80. The lowest BCUT2D eigenvalue weighted by molar-refractivity contribution is -0.293. The topological polar surface area (TPSA) is 44.8 Å². The Morgan fingerprint density at radius 1 is 1.00 bits per heavy atom. The van der Waals surface area contributed by atoms with Gasteiger partial charge in [0.15, 0.2) is 0 Å². The minimum absolute atomic E-state index is 0.0765. The van der Waals surface area contributed by atoms with E-state index in [9.17, 15) is 4.79 Å². The third-order valence-corrected chi connectivity index (χ3v) is 4.22. The first-order chi connectivity index (χ1) is 9.70. The molecule has 2 saturated carbocycles. The van der Waals surface area contributed by atoms with Crippen molar-refractivity contribution in [2.24, 2.45) is 0 Å². The van der Waals surface area contributed by atoms with Crippen LogP contribution in [0.4, 0.5) is 0 Å². The fourth-order valence-electron chi connectivity index (χ4n) is 2.92. The van der Waals surface area contributed by atoms with Crippen molar-refractivity contribution in [3.05, 3.63) is 11.3 Å². The van der Waals surface area contributed by atoms with Gasteiger partial charge in [0.05, 0.1) is 11.7 Å². The first-order valence-electron chi connectivity index (χ1n) is 7.94. The van der Waals surface area contributed by atoms with Crippen molar-refractivity contribution in [3.8, 4) is 0 Å². The highest BCUT2D eigenvalue weighted by molar-refractivity contribution is 5.87. The summed E-state index contributed by atoms with van der Waals surface area (Å²) in [4.78, 5) is 22.2. The molecule has 0 N–H and O–H groups in total. The van der Waals surface area contributed by atoms with Gasteiger partial charge in [-0.3, -0.25) is 4.89 Å². The second-order valence-corrected chi connectivity index (χ2v) is 5.80. The van der Waals surface area contributed by atoms with Gasteiger partial charge in [0.2, 0.25) is 0 Å². The molecule has 0 unspecified atom stereocenters. The van der Waals surface area contributed by atoms with Crippen molar-refractivity contribution in [1.82, 2.24) is 0 Å². The van der Waals surface area contributed by atoms with Crippen LogP contribution in [0.25, 0.3) is 0 Å². The number of carbonyl (C=O) groups excluding carboxylic acids is 1. The maximum absolute atomic E-state index is 12.0. The Morgan fingerprint density at radius 3 is 2.10 bits per heavy atom. The molecule has 4 heteroatoms. The maximum Gasteiger partial charge on any atom is 0.372 e. The lowest BCUT2D eigenvalue weighted by Gasteiger charge is -2.17. The summed E-state index contributed by atoms with van der Waals surface area (Å²) in [5.41, 5.74) is 0.539. The van der Waals surface area contributed by atoms with Crippen LogP contribution in [-0.2, 0) is 19.3 Å². The molecule has 0 radical (unpaired) electrons. The van der Waals surface area contributed by atoms with Gasteiger partial charge >= 0.3 is 5.97 Å². The molecule has 0 spiro atoms. The summed E-state index contributed by atoms with van der Waals surface area (Å²) in [5, 5.41) is 0. The Labute approximate surface area is 121 Å². The molecule has 0 atom stereocenters. The van der Waals surface area contributed by atoms with E-state index < -0.39 is 5.97 Å². The third-order valence-electron chi connectivity index (χ3n) is 4.22. The summed E-state index contributed by atoms with van der Waals surface area (Å²) in [5.74, 6) is 0.337. The van der Waals surface area contributed by atoms with Crippen LogP contribution in [0, 0.1) is 0 Å². The van der Waals surface area contributed by atoms with Crippen LogP contribution in [0.15, 0.2) is 11.3 Å². The number of allylic oxidation sites excluding steroid dienone is 1. The van der Waals surface area contributed by atoms with Gasteiger partial charge < -0.3 is 4.74 Å². The van der Waals surface area contributed by atoms with E-state index in [1.54, 1.807) is 6.92 Å². The molecule has 2 rings (SSSR count). The van der Waals surface area contributed by atoms with Crippen LogP contribution in [0.5, 0.6) is 0 Å². The van der Waals surface area contributed by atoms with Crippen LogP contribution in [-0.4, -0.2) is 18.2 Å². The number of hydrogen-bond acceptors (Lipinski definition) is 4. The van der Waals surface area contributed by atoms with Gasteiger partial charge in [-0.25, -0.2) is 4.79 Å². The summed E-state index contributed by atoms with van der Waals surface area (Å²) in [6.07, 6.45) is 9.94. The van der Waals surface area contributed by atoms with E-state index in [0.717, 1.165) is 44.3 Å². The van der Waals surface area contributed by atoms with Gasteiger partial charge in [0.25, 0.3) is 0 Å². The number of rotatable bonds is 6. The monoisotopic (exact) mass is 282 g/mol. The SMILES string of the molecule is CCC(OC1CCCC1)=C(C)C(=O)OOC1CCCC1. The number of hydrogen-bond donors (Lipinski definition) is 0. The summed E-state index contributed by atoms with van der Waals surface area (Å²) in [6, 6.07) is 0. The number of carbonyl (C=O) groups is 1. The van der Waals surface area contributed by atoms with Crippen molar-refractivity contribution in [2.75, 3.05) is 0 Å². The Hall–Kier alpha value is -1.03. The van der Waals surface area contributed by atoms with E-state index in [4.69, 9.17) is 14.5 Å². The predicted molar refractivity (Wildman–Crippen MR) is 75.8 cm³/mol. The largest absolute Gasteiger partial charge is 0.494 e. The molecule has 4 nitrogen and oxygen atoms in total. The van der Waals surface area contributed by atoms with Crippen molar-refractivity contribution in [3.63, 3.8) is 0 Å². The van der Waals surface area contributed by atoms with Crippen molar-refractivity contribution in [1.29, 1.82) is 0 Å². The van der Waals surface area contributed by atoms with Gasteiger partial charge in [-0.2, -0.15) is 4.89 Å². The fraction of sp³-hybridized carbons (Fsp3) is 0.812. The summed E-state index contributed by atoms with van der Waals surface area (Å²) in [6.45, 7) is 3.76. The van der Waals surface area contributed by atoms with E-state index in [1.165, 1.54) is 12.8 Å². The minimum atomic E-state index is -0.410. The Bertz CT molecular complexity index is 349. The zero-order chi connectivity index (χ0) is 14.4. The quantitative estimate of drug-likeness (QED) is 0.319. The molecule has 0 aromatic carbocycles. The molecule has 0 heterocycles. The molecule has 0 amide bonds. The van der Waals surface area contributed by atoms with Gasteiger partial charge in [0, 0.05) is 6.42 Å². The average Bonchev–Trinajstić information content (AvgIpc) is 3.14. The van der Waals surface area contributed by atoms with Crippen LogP contribution in [0.2, 0.25) is 0 Å². The molecule has 0 bridgehead atoms. The van der Waals surface area contributed by atoms with Crippen molar-refractivity contribution < 1.29 is 19.3 Å². The van der Waals surface area contributed by atoms with Crippen molar-refractivity contribution >= 4 is 5.97 Å². The molecule has 2 aliphatic rings. The van der Waals surface area contributed by atoms with Gasteiger partial charge in [-0.15, -0.1) is 0 Å². The first-order valence-corrected chi connectivity index (χ1v) is 7.94. The van der Waals surface area contributed by atoms with E-state index in [2.05, 4.69) is 0 Å². The summed E-state index contributed by atoms with van der Waals surface area (Å²) >= 11 is 0. The second kappa shape index (κ2) is 7.67. The van der Waals surface area contributed by atoms with E-state index >= 15 is 0 Å². The van der Waals surface area contributed by atoms with Gasteiger partial charge in [-0.05, 0) is 45.4 Å². The minimum Gasteiger partial charge on any atom is -0.494 e. The van der Waals surface area contributed by atoms with Crippen molar-refractivity contribution in [2.45, 2.75) is 83.8 Å². The smallest absolute Gasteiger partial charge is 0.372 e. The molecular formula is C16H26O4. The summed E-state index contributed by atoms with van der Waals surface area (Å²) < 4.78 is 5.94. The third kappa shape index (κ3) is 4.23. The van der Waals surface area contributed by atoms with Crippen LogP contribution in [0.1, 0.15) is 71.6 Å². The molecular weight excluding hydrogens is 256 g/mol. The highest BCUT2D eigenvalue weighted by atomic mass is 17.2. The average molecular weight is 282 g/mol. The van der Waals surface area contributed by atoms with E-state index in [1.807, 2.05) is 6.92 Å². The molecule has 0 aromatic heterocycles. The molecule has 114 valence electrons. The Kier molecular flexibility index (Phi) is 5.89. The molecule has 2 fully saturated rings. The van der Waals surface area contributed by atoms with Crippen LogP contribution in [0.3, 0.4) is 0 Å². The van der Waals surface area contributed by atoms with Gasteiger partial charge in [-0.1, -0.05) is 19.8 Å². The standard InChI is InChI=1S/C16H26O4/c1-3-15(18-13-8-4-5-9-13)12(2)16(17)20-19-14-10-6-7-11-14/h13-14H,3-11H2,1-2H3. The highest BCUT2D eigenvalue weighted by Crippen LogP contribution is 2.26. The lowest BCUT2D eigenvalue weighted by atomic mass is 10.2. The zero-order valence-corrected chi connectivity index (χ0v) is 12.7. The van der Waals surface area contributed by atoms with Crippen LogP contribution >= 0.6 is 0 Å². The zero-order valence-electron chi connectivity index (χ0n) is 12.7. The molecule has 0 saturated heterocycles. The van der Waals surface area contributed by atoms with E-state index in [-0.39, 0.29) is 12.2 Å². The Morgan fingerprint density at radius 2 is 1.55 bits per heavy atom. The fourth-order valence-corrected chi connectivity index (χ4v) is 2.92. The Balaban J connectivity index is 1.85. The summed E-state index contributed by atoms with van der Waals surface area (Å²) in [7, 11) is 0. The molecule has 0 aromatic rings. The molecule has 20 heavy (non-hydrogen) atoms. The van der Waals surface area contributed by atoms with Gasteiger partial charge in [0.1, 0.15) is 11.9 Å². The maximum atomic E-state index is 12.0. The molecule has 0 aliphatic heterocycles. The van der Waals surface area contributed by atoms with Crippen LogP contribution < -0.4 is 0 Å². The normalized spacial score (nSPS) is 21.9. The molecule has 2 aliphatic carbocycles.